The number of aryl methyl sites for hydroxylation is 1. The monoisotopic (exact) mass is 344 g/mol. The summed E-state index contributed by atoms with van der Waals surface area (Å²) in [4.78, 5) is 34.7. The zero-order valence-corrected chi connectivity index (χ0v) is 14.2. The van der Waals surface area contributed by atoms with Crippen LogP contribution in [0, 0.1) is 0 Å². The van der Waals surface area contributed by atoms with Crippen LogP contribution in [0.25, 0.3) is 0 Å². The van der Waals surface area contributed by atoms with Crippen LogP contribution < -0.4 is 15.0 Å². The van der Waals surface area contributed by atoms with Crippen LogP contribution >= 0.6 is 0 Å². The van der Waals surface area contributed by atoms with Crippen molar-refractivity contribution in [3.05, 3.63) is 46.6 Å². The molecule has 132 valence electrons. The molecule has 8 heteroatoms. The lowest BCUT2D eigenvalue weighted by molar-refractivity contribution is 0.0523. The molecule has 2 aromatic heterocycles. The van der Waals surface area contributed by atoms with Gasteiger partial charge in [0, 0.05) is 19.8 Å². The minimum absolute atomic E-state index is 0.173. The summed E-state index contributed by atoms with van der Waals surface area (Å²) in [5, 5.41) is 0. The number of ether oxygens (including phenoxy) is 2. The maximum Gasteiger partial charge on any atom is 0.263 e. The first-order chi connectivity index (χ1) is 12.1. The fourth-order valence-corrected chi connectivity index (χ4v) is 2.81. The molecule has 0 N–H and O–H groups in total. The van der Waals surface area contributed by atoms with Crippen LogP contribution in [0.4, 0.5) is 0 Å². The molecule has 0 aliphatic carbocycles. The molecule has 25 heavy (non-hydrogen) atoms. The molecule has 3 rings (SSSR count). The first kappa shape index (κ1) is 16.9. The average Bonchev–Trinajstić information content (AvgIpc) is 2.64. The number of hydrogen-bond donors (Lipinski definition) is 0. The number of aromatic nitrogens is 3. The summed E-state index contributed by atoms with van der Waals surface area (Å²) in [5.41, 5.74) is -0.124. The normalized spacial score (nSPS) is 17.2. The first-order valence-electron chi connectivity index (χ1n) is 8.06. The Kier molecular flexibility index (Phi) is 4.97. The van der Waals surface area contributed by atoms with Gasteiger partial charge in [-0.3, -0.25) is 14.6 Å². The number of piperidine rings is 1. The number of likely N-dealkylation sites (tertiary alicyclic amines) is 1. The molecule has 0 bridgehead atoms. The van der Waals surface area contributed by atoms with Crippen molar-refractivity contribution in [1.82, 2.24) is 19.4 Å². The fourth-order valence-electron chi connectivity index (χ4n) is 2.81. The smallest absolute Gasteiger partial charge is 0.263 e. The lowest BCUT2D eigenvalue weighted by Gasteiger charge is -2.32. The van der Waals surface area contributed by atoms with E-state index in [2.05, 4.69) is 9.97 Å². The van der Waals surface area contributed by atoms with Crippen LogP contribution in [-0.2, 0) is 7.05 Å². The third-order valence-corrected chi connectivity index (χ3v) is 4.11. The molecular formula is C17H20N4O4. The molecule has 1 amide bonds. The predicted octanol–water partition coefficient (Wildman–Crippen LogP) is 0.867. The Morgan fingerprint density at radius 1 is 1.32 bits per heavy atom. The van der Waals surface area contributed by atoms with Crippen LogP contribution in [0.1, 0.15) is 23.2 Å². The molecule has 0 spiro atoms. The van der Waals surface area contributed by atoms with Crippen molar-refractivity contribution in [2.45, 2.75) is 18.9 Å². The lowest BCUT2D eigenvalue weighted by atomic mass is 10.1. The van der Waals surface area contributed by atoms with E-state index in [-0.39, 0.29) is 23.1 Å². The molecule has 2 aromatic rings. The van der Waals surface area contributed by atoms with E-state index < -0.39 is 0 Å². The van der Waals surface area contributed by atoms with Crippen molar-refractivity contribution < 1.29 is 14.3 Å². The van der Waals surface area contributed by atoms with Crippen molar-refractivity contribution in [3.63, 3.8) is 0 Å². The number of pyridine rings is 1. The van der Waals surface area contributed by atoms with E-state index in [0.29, 0.717) is 24.8 Å². The molecule has 1 aliphatic rings. The van der Waals surface area contributed by atoms with Crippen molar-refractivity contribution in [1.29, 1.82) is 0 Å². The average molecular weight is 344 g/mol. The summed E-state index contributed by atoms with van der Waals surface area (Å²) < 4.78 is 12.3. The summed E-state index contributed by atoms with van der Waals surface area (Å²) in [6.07, 6.45) is 6.02. The van der Waals surface area contributed by atoms with E-state index in [1.54, 1.807) is 30.3 Å². The Hall–Kier alpha value is -2.90. The zero-order chi connectivity index (χ0) is 17.8. The van der Waals surface area contributed by atoms with E-state index >= 15 is 0 Å². The highest BCUT2D eigenvalue weighted by Crippen LogP contribution is 2.19. The predicted molar refractivity (Wildman–Crippen MR) is 89.8 cm³/mol. The molecule has 0 aromatic carbocycles. The highest BCUT2D eigenvalue weighted by Gasteiger charge is 2.27. The standard InChI is InChI=1S/C17H20N4O4/c1-20-7-4-6-13(16(20)22)17(23)21-8-3-5-12(11-21)25-15-10-18-9-14(19-15)24-2/h4,6-7,9-10,12H,3,5,8,11H2,1-2H3/t12-/m1/s1. The van der Waals surface area contributed by atoms with E-state index in [1.807, 2.05) is 0 Å². The van der Waals surface area contributed by atoms with Gasteiger partial charge in [-0.25, -0.2) is 0 Å². The molecule has 1 fully saturated rings. The molecule has 1 aliphatic heterocycles. The molecule has 1 atom stereocenters. The van der Waals surface area contributed by atoms with Gasteiger partial charge < -0.3 is 18.9 Å². The van der Waals surface area contributed by atoms with Crippen molar-refractivity contribution in [2.75, 3.05) is 20.2 Å². The van der Waals surface area contributed by atoms with Gasteiger partial charge in [-0.1, -0.05) is 0 Å². The topological polar surface area (TPSA) is 86.5 Å². The van der Waals surface area contributed by atoms with Gasteiger partial charge in [0.15, 0.2) is 0 Å². The van der Waals surface area contributed by atoms with Gasteiger partial charge >= 0.3 is 0 Å². The Bertz CT molecular complexity index is 820. The van der Waals surface area contributed by atoms with Crippen molar-refractivity contribution >= 4 is 5.91 Å². The zero-order valence-electron chi connectivity index (χ0n) is 14.2. The Labute approximate surface area is 145 Å². The maximum absolute atomic E-state index is 12.7. The SMILES string of the molecule is COc1cncc(O[C@@H]2CCCN(C(=O)c3cccn(C)c3=O)C2)n1. The Morgan fingerprint density at radius 3 is 2.92 bits per heavy atom. The third kappa shape index (κ3) is 3.78. The second-order valence-corrected chi connectivity index (χ2v) is 5.87. The lowest BCUT2D eigenvalue weighted by Crippen LogP contribution is -2.46. The molecule has 0 saturated carbocycles. The minimum atomic E-state index is -0.297. The summed E-state index contributed by atoms with van der Waals surface area (Å²) >= 11 is 0. The maximum atomic E-state index is 12.7. The Balaban J connectivity index is 1.71. The molecular weight excluding hydrogens is 324 g/mol. The number of nitrogens with zero attached hydrogens (tertiary/aromatic N) is 4. The van der Waals surface area contributed by atoms with Gasteiger partial charge in [0.25, 0.3) is 11.5 Å². The number of hydrogen-bond acceptors (Lipinski definition) is 6. The largest absolute Gasteiger partial charge is 0.480 e. The highest BCUT2D eigenvalue weighted by atomic mass is 16.5. The van der Waals surface area contributed by atoms with Gasteiger partial charge in [0.1, 0.15) is 11.7 Å². The number of amides is 1. The van der Waals surface area contributed by atoms with Gasteiger partial charge in [-0.05, 0) is 25.0 Å². The van der Waals surface area contributed by atoms with E-state index in [0.717, 1.165) is 12.8 Å². The van der Waals surface area contributed by atoms with Crippen molar-refractivity contribution in [3.8, 4) is 11.8 Å². The molecule has 0 unspecified atom stereocenters. The van der Waals surface area contributed by atoms with Crippen LogP contribution in [0.15, 0.2) is 35.5 Å². The van der Waals surface area contributed by atoms with Gasteiger partial charge in [0.2, 0.25) is 11.8 Å². The summed E-state index contributed by atoms with van der Waals surface area (Å²) in [6.45, 7) is 0.996. The molecule has 0 radical (unpaired) electrons. The molecule has 1 saturated heterocycles. The summed E-state index contributed by atoms with van der Waals surface area (Å²) in [6, 6.07) is 3.25. The number of methoxy groups -OCH3 is 1. The van der Waals surface area contributed by atoms with Crippen LogP contribution in [-0.4, -0.2) is 51.6 Å². The number of rotatable bonds is 4. The van der Waals surface area contributed by atoms with Crippen LogP contribution in [0.5, 0.6) is 11.8 Å². The molecule has 3 heterocycles. The second kappa shape index (κ2) is 7.33. The van der Waals surface area contributed by atoms with Crippen molar-refractivity contribution in [2.24, 2.45) is 7.05 Å². The van der Waals surface area contributed by atoms with E-state index in [1.165, 1.54) is 24.1 Å². The quantitative estimate of drug-likeness (QED) is 0.818. The third-order valence-electron chi connectivity index (χ3n) is 4.11. The first-order valence-corrected chi connectivity index (χ1v) is 8.06. The van der Waals surface area contributed by atoms with Gasteiger partial charge in [-0.2, -0.15) is 4.98 Å². The van der Waals surface area contributed by atoms with Gasteiger partial charge in [-0.15, -0.1) is 0 Å². The number of carbonyl (C=O) groups excluding carboxylic acids is 1. The second-order valence-electron chi connectivity index (χ2n) is 5.87. The molecule has 8 nitrogen and oxygen atoms in total. The van der Waals surface area contributed by atoms with E-state index in [9.17, 15) is 9.59 Å². The Morgan fingerprint density at radius 2 is 2.12 bits per heavy atom. The minimum Gasteiger partial charge on any atom is -0.480 e. The number of carbonyl (C=O) groups is 1. The van der Waals surface area contributed by atoms with Crippen LogP contribution in [0.2, 0.25) is 0 Å². The van der Waals surface area contributed by atoms with Gasteiger partial charge in [0.05, 0.1) is 26.0 Å². The highest BCUT2D eigenvalue weighted by molar-refractivity contribution is 5.93. The fraction of sp³-hybridized carbons (Fsp3) is 0.412. The summed E-state index contributed by atoms with van der Waals surface area (Å²) in [5.74, 6) is 0.453. The summed E-state index contributed by atoms with van der Waals surface area (Å²) in [7, 11) is 3.14. The van der Waals surface area contributed by atoms with Crippen LogP contribution in [0.3, 0.4) is 0 Å². The van der Waals surface area contributed by atoms with E-state index in [4.69, 9.17) is 9.47 Å².